The Morgan fingerprint density at radius 3 is 2.73 bits per heavy atom. The number of hydrogen-bond donors (Lipinski definition) is 0. The zero-order valence-electron chi connectivity index (χ0n) is 12.1. The Morgan fingerprint density at radius 1 is 1.32 bits per heavy atom. The molecule has 0 fully saturated rings. The second-order valence-corrected chi connectivity index (χ2v) is 5.58. The minimum atomic E-state index is -4.32. The van der Waals surface area contributed by atoms with E-state index in [1.165, 1.54) is 23.9 Å². The topological polar surface area (TPSA) is 30.7 Å². The Morgan fingerprint density at radius 2 is 2.09 bits per heavy atom. The Balaban J connectivity index is 2.13. The van der Waals surface area contributed by atoms with Crippen molar-refractivity contribution in [1.29, 1.82) is 0 Å². The summed E-state index contributed by atoms with van der Waals surface area (Å²) < 4.78 is 40.0. The molecule has 0 bridgehead atoms. The second kappa shape index (κ2) is 7.00. The summed E-state index contributed by atoms with van der Waals surface area (Å²) in [6, 6.07) is 5.34. The zero-order chi connectivity index (χ0) is 16.2. The van der Waals surface area contributed by atoms with Crippen molar-refractivity contribution in [3.05, 3.63) is 53.9 Å². The lowest BCUT2D eigenvalue weighted by molar-refractivity contribution is -0.137. The number of hydrogen-bond acceptors (Lipinski definition) is 3. The molecule has 3 nitrogen and oxygen atoms in total. The third-order valence-electron chi connectivity index (χ3n) is 3.04. The number of aryl methyl sites for hydroxylation is 1. The molecule has 118 valence electrons. The number of halogens is 3. The third-order valence-corrected chi connectivity index (χ3v) is 4.08. The van der Waals surface area contributed by atoms with Crippen molar-refractivity contribution in [2.75, 3.05) is 0 Å². The highest BCUT2D eigenvalue weighted by Crippen LogP contribution is 2.31. The molecule has 0 N–H and O–H groups in total. The molecule has 0 radical (unpaired) electrons. The van der Waals surface area contributed by atoms with Crippen molar-refractivity contribution in [3.63, 3.8) is 0 Å². The number of alkyl halides is 3. The van der Waals surface area contributed by atoms with Gasteiger partial charge < -0.3 is 4.57 Å². The molecule has 2 rings (SSSR count). The standard InChI is InChI=1S/C15H16F3N3S/c1-3-8-21-13(4-2)19-20-14(21)22-10-11-6-5-7-12(9-11)15(16,17)18/h3,5-7,9H,1,4,8,10H2,2H3. The fourth-order valence-electron chi connectivity index (χ4n) is 1.99. The van der Waals surface area contributed by atoms with Gasteiger partial charge in [0.25, 0.3) is 0 Å². The van der Waals surface area contributed by atoms with Gasteiger partial charge in [0, 0.05) is 18.7 Å². The summed E-state index contributed by atoms with van der Waals surface area (Å²) in [6.45, 7) is 6.26. The molecule has 0 saturated carbocycles. The van der Waals surface area contributed by atoms with Crippen LogP contribution in [0.15, 0.2) is 42.1 Å². The van der Waals surface area contributed by atoms with E-state index in [0.717, 1.165) is 18.3 Å². The molecule has 0 spiro atoms. The first kappa shape index (κ1) is 16.6. The summed E-state index contributed by atoms with van der Waals surface area (Å²) in [6.07, 6.45) is -1.83. The highest BCUT2D eigenvalue weighted by Gasteiger charge is 2.30. The van der Waals surface area contributed by atoms with E-state index >= 15 is 0 Å². The molecule has 7 heteroatoms. The normalized spacial score (nSPS) is 11.6. The Kier molecular flexibility index (Phi) is 5.28. The van der Waals surface area contributed by atoms with Gasteiger partial charge in [-0.2, -0.15) is 13.2 Å². The van der Waals surface area contributed by atoms with E-state index < -0.39 is 11.7 Å². The monoisotopic (exact) mass is 327 g/mol. The number of allylic oxidation sites excluding steroid dienone is 1. The van der Waals surface area contributed by atoms with E-state index in [0.29, 0.717) is 23.0 Å². The van der Waals surface area contributed by atoms with Gasteiger partial charge in [-0.3, -0.25) is 0 Å². The first-order valence-corrected chi connectivity index (χ1v) is 7.76. The van der Waals surface area contributed by atoms with Crippen LogP contribution in [0, 0.1) is 0 Å². The van der Waals surface area contributed by atoms with E-state index in [1.807, 2.05) is 11.5 Å². The lowest BCUT2D eigenvalue weighted by Crippen LogP contribution is -2.05. The maximum absolute atomic E-state index is 12.7. The lowest BCUT2D eigenvalue weighted by atomic mass is 10.1. The molecule has 0 aliphatic heterocycles. The first-order valence-electron chi connectivity index (χ1n) is 6.77. The van der Waals surface area contributed by atoms with Gasteiger partial charge in [0.1, 0.15) is 5.82 Å². The average Bonchev–Trinajstić information content (AvgIpc) is 2.87. The fourth-order valence-corrected chi connectivity index (χ4v) is 2.89. The smallest absolute Gasteiger partial charge is 0.302 e. The fraction of sp³-hybridized carbons (Fsp3) is 0.333. The highest BCUT2D eigenvalue weighted by atomic mass is 32.2. The quantitative estimate of drug-likeness (QED) is 0.584. The third kappa shape index (κ3) is 3.91. The SMILES string of the molecule is C=CCn1c(CC)nnc1SCc1cccc(C(F)(F)F)c1. The number of aromatic nitrogens is 3. The molecule has 0 unspecified atom stereocenters. The summed E-state index contributed by atoms with van der Waals surface area (Å²) in [4.78, 5) is 0. The summed E-state index contributed by atoms with van der Waals surface area (Å²) >= 11 is 1.37. The van der Waals surface area contributed by atoms with Crippen molar-refractivity contribution in [2.45, 2.75) is 37.0 Å². The van der Waals surface area contributed by atoms with Gasteiger partial charge in [0.2, 0.25) is 0 Å². The summed E-state index contributed by atoms with van der Waals surface area (Å²) in [5.74, 6) is 1.24. The van der Waals surface area contributed by atoms with Crippen molar-refractivity contribution >= 4 is 11.8 Å². The number of nitrogens with zero attached hydrogens (tertiary/aromatic N) is 3. The Hall–Kier alpha value is -1.76. The number of thioether (sulfide) groups is 1. The van der Waals surface area contributed by atoms with Crippen molar-refractivity contribution in [2.24, 2.45) is 0 Å². The number of benzene rings is 1. The van der Waals surface area contributed by atoms with E-state index in [4.69, 9.17) is 0 Å². The number of rotatable bonds is 6. The molecule has 2 aromatic rings. The second-order valence-electron chi connectivity index (χ2n) is 4.64. The molecule has 22 heavy (non-hydrogen) atoms. The molecular weight excluding hydrogens is 311 g/mol. The van der Waals surface area contributed by atoms with Gasteiger partial charge in [-0.25, -0.2) is 0 Å². The Bertz CT molecular complexity index is 650. The van der Waals surface area contributed by atoms with Crippen molar-refractivity contribution in [3.8, 4) is 0 Å². The van der Waals surface area contributed by atoms with Gasteiger partial charge in [0.05, 0.1) is 5.56 Å². The molecule has 1 heterocycles. The maximum Gasteiger partial charge on any atom is 0.416 e. The predicted molar refractivity (Wildman–Crippen MR) is 80.6 cm³/mol. The molecule has 1 aromatic carbocycles. The minimum Gasteiger partial charge on any atom is -0.302 e. The van der Waals surface area contributed by atoms with E-state index in [9.17, 15) is 13.2 Å². The molecule has 1 aromatic heterocycles. The zero-order valence-corrected chi connectivity index (χ0v) is 12.9. The van der Waals surface area contributed by atoms with Crippen LogP contribution in [0.3, 0.4) is 0 Å². The summed E-state index contributed by atoms with van der Waals surface area (Å²) in [5, 5.41) is 8.87. The van der Waals surface area contributed by atoms with Gasteiger partial charge >= 0.3 is 6.18 Å². The van der Waals surface area contributed by atoms with Gasteiger partial charge in [-0.15, -0.1) is 16.8 Å². The molecular formula is C15H16F3N3S. The van der Waals surface area contributed by atoms with Crippen LogP contribution in [-0.2, 0) is 24.9 Å². The van der Waals surface area contributed by atoms with Gasteiger partial charge in [-0.05, 0) is 11.6 Å². The molecule has 0 aliphatic rings. The summed E-state index contributed by atoms with van der Waals surface area (Å²) in [5.41, 5.74) is -0.0292. The van der Waals surface area contributed by atoms with E-state index in [1.54, 1.807) is 12.1 Å². The van der Waals surface area contributed by atoms with Crippen LogP contribution in [-0.4, -0.2) is 14.8 Å². The van der Waals surface area contributed by atoms with Crippen LogP contribution in [0.1, 0.15) is 23.9 Å². The highest BCUT2D eigenvalue weighted by molar-refractivity contribution is 7.98. The average molecular weight is 327 g/mol. The van der Waals surface area contributed by atoms with Crippen LogP contribution in [0.5, 0.6) is 0 Å². The van der Waals surface area contributed by atoms with Gasteiger partial charge in [0.15, 0.2) is 5.16 Å². The van der Waals surface area contributed by atoms with Crippen molar-refractivity contribution < 1.29 is 13.2 Å². The molecule has 0 amide bonds. The largest absolute Gasteiger partial charge is 0.416 e. The van der Waals surface area contributed by atoms with Crippen LogP contribution in [0.25, 0.3) is 0 Å². The first-order chi connectivity index (χ1) is 10.5. The molecule has 0 atom stereocenters. The maximum atomic E-state index is 12.7. The summed E-state index contributed by atoms with van der Waals surface area (Å²) in [7, 11) is 0. The van der Waals surface area contributed by atoms with Crippen LogP contribution < -0.4 is 0 Å². The van der Waals surface area contributed by atoms with E-state index in [-0.39, 0.29) is 0 Å². The Labute approximate surface area is 131 Å². The van der Waals surface area contributed by atoms with E-state index in [2.05, 4.69) is 16.8 Å². The van der Waals surface area contributed by atoms with Crippen molar-refractivity contribution in [1.82, 2.24) is 14.8 Å². The van der Waals surface area contributed by atoms with Crippen LogP contribution in [0.4, 0.5) is 13.2 Å². The minimum absolute atomic E-state index is 0.406. The molecule has 0 saturated heterocycles. The van der Waals surface area contributed by atoms with Gasteiger partial charge in [-0.1, -0.05) is 43.0 Å². The molecule has 0 aliphatic carbocycles. The van der Waals surface area contributed by atoms with Crippen LogP contribution in [0.2, 0.25) is 0 Å². The van der Waals surface area contributed by atoms with Crippen LogP contribution >= 0.6 is 11.8 Å². The lowest BCUT2D eigenvalue weighted by Gasteiger charge is -2.09. The predicted octanol–water partition coefficient (Wildman–Crippen LogP) is 4.34.